The lowest BCUT2D eigenvalue weighted by atomic mass is 9.88. The fourth-order valence-electron chi connectivity index (χ4n) is 3.75. The second kappa shape index (κ2) is 7.52. The van der Waals surface area contributed by atoms with Gasteiger partial charge in [0, 0.05) is 19.3 Å². The molecule has 0 radical (unpaired) electrons. The van der Waals surface area contributed by atoms with Crippen molar-refractivity contribution in [3.05, 3.63) is 23.0 Å². The third-order valence-electron chi connectivity index (χ3n) is 5.09. The first-order valence-electron chi connectivity index (χ1n) is 9.18. The predicted octanol–water partition coefficient (Wildman–Crippen LogP) is 2.91. The minimum Gasteiger partial charge on any atom is -0.376 e. The van der Waals surface area contributed by atoms with Crippen LogP contribution in [0.1, 0.15) is 54.4 Å². The molecule has 0 spiro atoms. The molecule has 1 saturated carbocycles. The number of hydrogen-bond acceptors (Lipinski definition) is 4. The molecule has 1 aliphatic rings. The minimum atomic E-state index is -0.0908. The van der Waals surface area contributed by atoms with Gasteiger partial charge in [0.05, 0.1) is 29.4 Å². The van der Waals surface area contributed by atoms with Gasteiger partial charge in [0.2, 0.25) is 0 Å². The number of nitrogens with one attached hydrogen (secondary N) is 1. The van der Waals surface area contributed by atoms with E-state index in [1.54, 1.807) is 4.68 Å². The van der Waals surface area contributed by atoms with E-state index in [1.807, 2.05) is 27.0 Å². The van der Waals surface area contributed by atoms with Crippen LogP contribution < -0.4 is 5.32 Å². The number of aryl methyl sites for hydroxylation is 3. The lowest BCUT2D eigenvalue weighted by molar-refractivity contribution is -0.00293. The highest BCUT2D eigenvalue weighted by Gasteiger charge is 2.22. The fraction of sp³-hybridized carbons (Fsp3) is 0.632. The molecular weight excluding hydrogens is 316 g/mol. The van der Waals surface area contributed by atoms with Gasteiger partial charge in [-0.05, 0) is 38.7 Å². The Balaban J connectivity index is 1.63. The Bertz CT molecular complexity index is 768. The third-order valence-corrected chi connectivity index (χ3v) is 5.09. The maximum absolute atomic E-state index is 12.7. The molecule has 0 bridgehead atoms. The standard InChI is InChI=1S/C19H28N4O2/c1-12-7-5-6-8-16(12)25-10-9-20-19(24)15-11-13(2)21-18-17(15)14(3)22-23(18)4/h11-12,16H,5-10H2,1-4H3,(H,20,24)/t12-,16+/m0/s1. The number of rotatable bonds is 5. The van der Waals surface area contributed by atoms with Crippen LogP contribution in [0.3, 0.4) is 0 Å². The Morgan fingerprint density at radius 3 is 2.88 bits per heavy atom. The molecule has 0 aliphatic heterocycles. The molecule has 1 fully saturated rings. The minimum absolute atomic E-state index is 0.0908. The summed E-state index contributed by atoms with van der Waals surface area (Å²) < 4.78 is 7.70. The number of pyridine rings is 1. The normalized spacial score (nSPS) is 20.8. The van der Waals surface area contributed by atoms with Gasteiger partial charge in [0.15, 0.2) is 5.65 Å². The molecule has 6 nitrogen and oxygen atoms in total. The first-order chi connectivity index (χ1) is 12.0. The predicted molar refractivity (Wildman–Crippen MR) is 97.7 cm³/mol. The number of fused-ring (bicyclic) bond motifs is 1. The van der Waals surface area contributed by atoms with Crippen molar-refractivity contribution < 1.29 is 9.53 Å². The highest BCUT2D eigenvalue weighted by molar-refractivity contribution is 6.06. The van der Waals surface area contributed by atoms with E-state index in [0.717, 1.165) is 28.8 Å². The maximum Gasteiger partial charge on any atom is 0.252 e. The van der Waals surface area contributed by atoms with Gasteiger partial charge in [-0.25, -0.2) is 4.98 Å². The molecule has 0 unspecified atom stereocenters. The summed E-state index contributed by atoms with van der Waals surface area (Å²) in [6, 6.07) is 1.83. The summed E-state index contributed by atoms with van der Waals surface area (Å²) in [6.45, 7) is 7.13. The second-order valence-electron chi connectivity index (χ2n) is 7.15. The highest BCUT2D eigenvalue weighted by atomic mass is 16.5. The first-order valence-corrected chi connectivity index (χ1v) is 9.18. The summed E-state index contributed by atoms with van der Waals surface area (Å²) >= 11 is 0. The van der Waals surface area contributed by atoms with E-state index in [-0.39, 0.29) is 5.91 Å². The molecule has 0 aromatic carbocycles. The molecule has 2 atom stereocenters. The SMILES string of the molecule is Cc1cc(C(=O)NCCO[C@@H]2CCCC[C@@H]2C)c2c(C)nn(C)c2n1. The Hall–Kier alpha value is -1.95. The molecule has 1 aliphatic carbocycles. The van der Waals surface area contributed by atoms with Crippen LogP contribution in [-0.4, -0.2) is 39.9 Å². The zero-order chi connectivity index (χ0) is 18.0. The molecule has 2 heterocycles. The molecule has 25 heavy (non-hydrogen) atoms. The number of carbonyl (C=O) groups is 1. The van der Waals surface area contributed by atoms with E-state index < -0.39 is 0 Å². The molecule has 3 rings (SSSR count). The fourth-order valence-corrected chi connectivity index (χ4v) is 3.75. The van der Waals surface area contributed by atoms with Crippen molar-refractivity contribution in [2.45, 2.75) is 52.6 Å². The number of hydrogen-bond donors (Lipinski definition) is 1. The first kappa shape index (κ1) is 17.9. The third kappa shape index (κ3) is 3.84. The molecule has 2 aromatic rings. The number of amides is 1. The molecule has 6 heteroatoms. The largest absolute Gasteiger partial charge is 0.376 e. The molecule has 1 N–H and O–H groups in total. The quantitative estimate of drug-likeness (QED) is 0.847. The van der Waals surface area contributed by atoms with Crippen molar-refractivity contribution in [3.8, 4) is 0 Å². The van der Waals surface area contributed by atoms with Crippen LogP contribution in [0.4, 0.5) is 0 Å². The number of nitrogens with zero attached hydrogens (tertiary/aromatic N) is 3. The summed E-state index contributed by atoms with van der Waals surface area (Å²) in [6.07, 6.45) is 5.26. The lowest BCUT2D eigenvalue weighted by Gasteiger charge is -2.28. The number of carbonyl (C=O) groups excluding carboxylic acids is 1. The zero-order valence-corrected chi connectivity index (χ0v) is 15.6. The van der Waals surface area contributed by atoms with Gasteiger partial charge in [-0.1, -0.05) is 19.8 Å². The van der Waals surface area contributed by atoms with Gasteiger partial charge >= 0.3 is 0 Å². The van der Waals surface area contributed by atoms with Crippen LogP contribution in [-0.2, 0) is 11.8 Å². The van der Waals surface area contributed by atoms with E-state index in [0.29, 0.717) is 30.7 Å². The van der Waals surface area contributed by atoms with Crippen LogP contribution in [0.25, 0.3) is 11.0 Å². The van der Waals surface area contributed by atoms with Crippen LogP contribution in [0.15, 0.2) is 6.07 Å². The monoisotopic (exact) mass is 344 g/mol. The van der Waals surface area contributed by atoms with Crippen molar-refractivity contribution in [1.29, 1.82) is 0 Å². The van der Waals surface area contributed by atoms with Gasteiger partial charge < -0.3 is 10.1 Å². The van der Waals surface area contributed by atoms with Crippen molar-refractivity contribution in [2.24, 2.45) is 13.0 Å². The Labute approximate surface area is 149 Å². The lowest BCUT2D eigenvalue weighted by Crippen LogP contribution is -2.32. The Morgan fingerprint density at radius 1 is 1.36 bits per heavy atom. The van der Waals surface area contributed by atoms with Crippen LogP contribution in [0.5, 0.6) is 0 Å². The summed E-state index contributed by atoms with van der Waals surface area (Å²) in [5.74, 6) is 0.525. The summed E-state index contributed by atoms with van der Waals surface area (Å²) in [5.41, 5.74) is 3.02. The van der Waals surface area contributed by atoms with E-state index in [2.05, 4.69) is 22.3 Å². The smallest absolute Gasteiger partial charge is 0.252 e. The van der Waals surface area contributed by atoms with Gasteiger partial charge in [0.25, 0.3) is 5.91 Å². The average molecular weight is 344 g/mol. The summed E-state index contributed by atoms with van der Waals surface area (Å²) in [5, 5.41) is 8.20. The van der Waals surface area contributed by atoms with Crippen molar-refractivity contribution >= 4 is 16.9 Å². The van der Waals surface area contributed by atoms with Crippen molar-refractivity contribution in [2.75, 3.05) is 13.2 Å². The van der Waals surface area contributed by atoms with Gasteiger partial charge in [-0.3, -0.25) is 9.48 Å². The molecular formula is C19H28N4O2. The van der Waals surface area contributed by atoms with Crippen LogP contribution >= 0.6 is 0 Å². The maximum atomic E-state index is 12.7. The topological polar surface area (TPSA) is 69.0 Å². The molecule has 0 saturated heterocycles. The van der Waals surface area contributed by atoms with E-state index in [1.165, 1.54) is 19.3 Å². The van der Waals surface area contributed by atoms with Crippen molar-refractivity contribution in [3.63, 3.8) is 0 Å². The zero-order valence-electron chi connectivity index (χ0n) is 15.6. The highest BCUT2D eigenvalue weighted by Crippen LogP contribution is 2.26. The van der Waals surface area contributed by atoms with Gasteiger partial charge in [-0.2, -0.15) is 5.10 Å². The Morgan fingerprint density at radius 2 is 2.12 bits per heavy atom. The van der Waals surface area contributed by atoms with Crippen molar-refractivity contribution in [1.82, 2.24) is 20.1 Å². The Kier molecular flexibility index (Phi) is 5.37. The second-order valence-corrected chi connectivity index (χ2v) is 7.15. The summed E-state index contributed by atoms with van der Waals surface area (Å²) in [4.78, 5) is 17.2. The number of ether oxygens (including phenoxy) is 1. The van der Waals surface area contributed by atoms with E-state index in [4.69, 9.17) is 4.74 Å². The van der Waals surface area contributed by atoms with Crippen LogP contribution in [0.2, 0.25) is 0 Å². The van der Waals surface area contributed by atoms with Gasteiger partial charge in [0.1, 0.15) is 0 Å². The van der Waals surface area contributed by atoms with E-state index in [9.17, 15) is 4.79 Å². The summed E-state index contributed by atoms with van der Waals surface area (Å²) in [7, 11) is 1.85. The van der Waals surface area contributed by atoms with E-state index >= 15 is 0 Å². The molecule has 2 aromatic heterocycles. The van der Waals surface area contributed by atoms with Crippen LogP contribution in [0, 0.1) is 19.8 Å². The number of aromatic nitrogens is 3. The molecule has 136 valence electrons. The molecule has 1 amide bonds. The average Bonchev–Trinajstić information content (AvgIpc) is 2.86. The van der Waals surface area contributed by atoms with Gasteiger partial charge in [-0.15, -0.1) is 0 Å².